The molecule has 0 saturated carbocycles. The topological polar surface area (TPSA) is 67.2 Å². The van der Waals surface area contributed by atoms with E-state index in [0.29, 0.717) is 18.1 Å². The fourth-order valence-electron chi connectivity index (χ4n) is 4.56. The van der Waals surface area contributed by atoms with Gasteiger partial charge in [-0.3, -0.25) is 19.5 Å². The van der Waals surface area contributed by atoms with Crippen LogP contribution in [0.25, 0.3) is 16.9 Å². The van der Waals surface area contributed by atoms with Crippen LogP contribution in [0.2, 0.25) is 0 Å². The molecule has 0 aliphatic carbocycles. The van der Waals surface area contributed by atoms with E-state index in [0.717, 1.165) is 39.2 Å². The number of aryl methyl sites for hydroxylation is 3. The molecule has 5 aromatic rings. The standard InChI is InChI=1S/C34H32N4O2/c1-24-13-17-28(18-14-24)31-22-38(29-19-15-25(2)16-20-29)34(35-31)36-32(39)23-37(21-27-10-5-4-6-11-27)33(40)30-12-8-7-9-26(30)3/h4-20,22H,21,23H2,1-3H3,(H,35,36,39). The summed E-state index contributed by atoms with van der Waals surface area (Å²) in [6.07, 6.45) is 1.92. The molecule has 0 atom stereocenters. The molecule has 1 aromatic heterocycles. The highest BCUT2D eigenvalue weighted by atomic mass is 16.2. The molecule has 1 N–H and O–H groups in total. The van der Waals surface area contributed by atoms with E-state index in [1.165, 1.54) is 0 Å². The molecule has 200 valence electrons. The number of rotatable bonds is 8. The number of hydrogen-bond acceptors (Lipinski definition) is 3. The van der Waals surface area contributed by atoms with Gasteiger partial charge in [-0.25, -0.2) is 4.98 Å². The van der Waals surface area contributed by atoms with Gasteiger partial charge in [-0.05, 0) is 50.1 Å². The number of anilines is 1. The van der Waals surface area contributed by atoms with E-state index in [-0.39, 0.29) is 18.4 Å². The van der Waals surface area contributed by atoms with Crippen molar-refractivity contribution in [2.75, 3.05) is 11.9 Å². The summed E-state index contributed by atoms with van der Waals surface area (Å²) in [6, 6.07) is 33.3. The maximum atomic E-state index is 13.6. The molecule has 0 bridgehead atoms. The Hall–Kier alpha value is -4.97. The van der Waals surface area contributed by atoms with Gasteiger partial charge in [0, 0.05) is 29.6 Å². The largest absolute Gasteiger partial charge is 0.325 e. The minimum Gasteiger partial charge on any atom is -0.325 e. The van der Waals surface area contributed by atoms with Crippen LogP contribution in [0, 0.1) is 20.8 Å². The summed E-state index contributed by atoms with van der Waals surface area (Å²) in [4.78, 5) is 33.5. The third-order valence-electron chi connectivity index (χ3n) is 6.83. The monoisotopic (exact) mass is 528 g/mol. The second-order valence-electron chi connectivity index (χ2n) is 10.0. The number of nitrogens with one attached hydrogen (secondary N) is 1. The van der Waals surface area contributed by atoms with Gasteiger partial charge in [0.2, 0.25) is 11.9 Å². The molecule has 5 rings (SSSR count). The van der Waals surface area contributed by atoms with Gasteiger partial charge in [0.05, 0.1) is 5.69 Å². The van der Waals surface area contributed by atoms with Gasteiger partial charge in [0.15, 0.2) is 0 Å². The number of hydrogen-bond donors (Lipinski definition) is 1. The lowest BCUT2D eigenvalue weighted by molar-refractivity contribution is -0.117. The van der Waals surface area contributed by atoms with E-state index in [2.05, 4.69) is 5.32 Å². The molecule has 0 unspecified atom stereocenters. The Morgan fingerprint density at radius 1 is 0.775 bits per heavy atom. The zero-order chi connectivity index (χ0) is 28.1. The first-order valence-electron chi connectivity index (χ1n) is 13.3. The fourth-order valence-corrected chi connectivity index (χ4v) is 4.56. The van der Waals surface area contributed by atoms with Crippen molar-refractivity contribution in [2.24, 2.45) is 0 Å². The van der Waals surface area contributed by atoms with E-state index in [4.69, 9.17) is 4.98 Å². The summed E-state index contributed by atoms with van der Waals surface area (Å²) >= 11 is 0. The van der Waals surface area contributed by atoms with Gasteiger partial charge in [0.1, 0.15) is 6.54 Å². The number of carbonyl (C=O) groups is 2. The molecule has 0 spiro atoms. The van der Waals surface area contributed by atoms with Crippen LogP contribution in [0.4, 0.5) is 5.95 Å². The Morgan fingerprint density at radius 3 is 2.08 bits per heavy atom. The normalized spacial score (nSPS) is 10.8. The van der Waals surface area contributed by atoms with E-state index < -0.39 is 0 Å². The van der Waals surface area contributed by atoms with E-state index in [1.54, 1.807) is 11.0 Å². The first-order chi connectivity index (χ1) is 19.4. The van der Waals surface area contributed by atoms with Gasteiger partial charge in [-0.1, -0.05) is 96.1 Å². The minimum absolute atomic E-state index is 0.122. The van der Waals surface area contributed by atoms with Crippen LogP contribution in [0.1, 0.15) is 32.6 Å². The average molecular weight is 529 g/mol. The van der Waals surface area contributed by atoms with Crippen LogP contribution < -0.4 is 5.32 Å². The number of imidazole rings is 1. The molecule has 40 heavy (non-hydrogen) atoms. The lowest BCUT2D eigenvalue weighted by Gasteiger charge is -2.23. The van der Waals surface area contributed by atoms with Crippen LogP contribution in [-0.2, 0) is 11.3 Å². The zero-order valence-electron chi connectivity index (χ0n) is 23.0. The van der Waals surface area contributed by atoms with Crippen molar-refractivity contribution in [3.05, 3.63) is 137 Å². The minimum atomic E-state index is -0.327. The number of aromatic nitrogens is 2. The van der Waals surface area contributed by atoms with Gasteiger partial charge in [-0.2, -0.15) is 0 Å². The summed E-state index contributed by atoms with van der Waals surface area (Å²) in [5.74, 6) is -0.126. The Bertz CT molecular complexity index is 1620. The molecule has 0 fully saturated rings. The van der Waals surface area contributed by atoms with Crippen molar-refractivity contribution in [1.82, 2.24) is 14.5 Å². The number of nitrogens with zero attached hydrogens (tertiary/aromatic N) is 3. The van der Waals surface area contributed by atoms with Crippen LogP contribution >= 0.6 is 0 Å². The van der Waals surface area contributed by atoms with E-state index >= 15 is 0 Å². The number of amides is 2. The Morgan fingerprint density at radius 2 is 1.40 bits per heavy atom. The number of benzene rings is 4. The Labute approximate surface area is 234 Å². The van der Waals surface area contributed by atoms with Crippen molar-refractivity contribution in [2.45, 2.75) is 27.3 Å². The lowest BCUT2D eigenvalue weighted by Crippen LogP contribution is -2.38. The summed E-state index contributed by atoms with van der Waals surface area (Å²) in [6.45, 7) is 6.16. The summed E-state index contributed by atoms with van der Waals surface area (Å²) < 4.78 is 1.87. The van der Waals surface area contributed by atoms with Crippen LogP contribution in [0.5, 0.6) is 0 Å². The maximum Gasteiger partial charge on any atom is 0.254 e. The third kappa shape index (κ3) is 6.18. The van der Waals surface area contributed by atoms with Crippen LogP contribution in [-0.4, -0.2) is 32.8 Å². The highest BCUT2D eigenvalue weighted by Gasteiger charge is 2.22. The fraction of sp³-hybridized carbons (Fsp3) is 0.147. The predicted octanol–water partition coefficient (Wildman–Crippen LogP) is 6.75. The molecule has 1 heterocycles. The van der Waals surface area contributed by atoms with Crippen molar-refractivity contribution >= 4 is 17.8 Å². The Kier molecular flexibility index (Phi) is 7.87. The first kappa shape index (κ1) is 26.6. The van der Waals surface area contributed by atoms with Crippen molar-refractivity contribution in [1.29, 1.82) is 0 Å². The van der Waals surface area contributed by atoms with E-state index in [9.17, 15) is 9.59 Å². The molecular formula is C34H32N4O2. The second-order valence-corrected chi connectivity index (χ2v) is 10.0. The predicted molar refractivity (Wildman–Crippen MR) is 159 cm³/mol. The molecule has 4 aromatic carbocycles. The molecular weight excluding hydrogens is 496 g/mol. The van der Waals surface area contributed by atoms with E-state index in [1.807, 2.05) is 129 Å². The summed E-state index contributed by atoms with van der Waals surface area (Å²) in [7, 11) is 0. The molecule has 2 amide bonds. The van der Waals surface area contributed by atoms with Crippen molar-refractivity contribution in [3.63, 3.8) is 0 Å². The summed E-state index contributed by atoms with van der Waals surface area (Å²) in [5, 5.41) is 2.98. The summed E-state index contributed by atoms with van der Waals surface area (Å²) in [5.41, 5.74) is 7.26. The Balaban J connectivity index is 1.45. The van der Waals surface area contributed by atoms with Crippen molar-refractivity contribution < 1.29 is 9.59 Å². The molecule has 0 aliphatic rings. The molecule has 0 aliphatic heterocycles. The molecule has 6 nitrogen and oxygen atoms in total. The lowest BCUT2D eigenvalue weighted by atomic mass is 10.1. The van der Waals surface area contributed by atoms with Crippen molar-refractivity contribution in [3.8, 4) is 16.9 Å². The second kappa shape index (κ2) is 11.8. The zero-order valence-corrected chi connectivity index (χ0v) is 23.0. The molecule has 0 radical (unpaired) electrons. The average Bonchev–Trinajstić information content (AvgIpc) is 3.37. The highest BCUT2D eigenvalue weighted by Crippen LogP contribution is 2.25. The quantitative estimate of drug-likeness (QED) is 0.242. The van der Waals surface area contributed by atoms with Gasteiger partial charge >= 0.3 is 0 Å². The third-order valence-corrected chi connectivity index (χ3v) is 6.83. The van der Waals surface area contributed by atoms with Gasteiger partial charge in [0.25, 0.3) is 5.91 Å². The van der Waals surface area contributed by atoms with Crippen LogP contribution in [0.15, 0.2) is 109 Å². The number of carbonyl (C=O) groups excluding carboxylic acids is 2. The molecule has 0 saturated heterocycles. The SMILES string of the molecule is Cc1ccc(-c2cn(-c3ccc(C)cc3)c(NC(=O)CN(Cc3ccccc3)C(=O)c3ccccc3C)n2)cc1. The smallest absolute Gasteiger partial charge is 0.254 e. The van der Waals surface area contributed by atoms with Crippen LogP contribution in [0.3, 0.4) is 0 Å². The molecule has 6 heteroatoms. The maximum absolute atomic E-state index is 13.6. The van der Waals surface area contributed by atoms with Gasteiger partial charge < -0.3 is 4.90 Å². The van der Waals surface area contributed by atoms with Gasteiger partial charge in [-0.15, -0.1) is 0 Å². The highest BCUT2D eigenvalue weighted by molar-refractivity contribution is 6.00. The first-order valence-corrected chi connectivity index (χ1v) is 13.3.